The van der Waals surface area contributed by atoms with Crippen molar-refractivity contribution in [3.05, 3.63) is 29.0 Å². The maximum Gasteiger partial charge on any atom is 0.336 e. The van der Waals surface area contributed by atoms with Crippen molar-refractivity contribution in [2.24, 2.45) is 0 Å². The first-order chi connectivity index (χ1) is 8.08. The van der Waals surface area contributed by atoms with Gasteiger partial charge in [0.2, 0.25) is 0 Å². The summed E-state index contributed by atoms with van der Waals surface area (Å²) in [6, 6.07) is 2.85. The molecule has 0 saturated carbocycles. The Hall–Kier alpha value is -1.73. The molecule has 0 aliphatic rings. The molecule has 1 aromatic heterocycles. The van der Waals surface area contributed by atoms with E-state index in [0.717, 1.165) is 11.8 Å². The number of nitrogen functional groups attached to an aromatic ring is 1. The predicted molar refractivity (Wildman–Crippen MR) is 63.3 cm³/mol. The van der Waals surface area contributed by atoms with Crippen LogP contribution in [-0.4, -0.2) is 26.3 Å². The smallest absolute Gasteiger partial charge is 0.336 e. The van der Waals surface area contributed by atoms with Crippen molar-refractivity contribution < 1.29 is 9.90 Å². The fraction of sp³-hybridized carbons (Fsp3) is 0. The van der Waals surface area contributed by atoms with Gasteiger partial charge < -0.3 is 10.8 Å². The molecule has 0 aliphatic heterocycles. The minimum absolute atomic E-state index is 0.0383. The number of hydrogen-bond acceptors (Lipinski definition) is 5. The van der Waals surface area contributed by atoms with E-state index in [1.54, 1.807) is 0 Å². The first-order valence-corrected chi connectivity index (χ1v) is 5.63. The van der Waals surface area contributed by atoms with E-state index in [1.165, 1.54) is 18.5 Å². The number of aromatic carboxylic acids is 1. The van der Waals surface area contributed by atoms with E-state index in [4.69, 9.17) is 22.4 Å². The van der Waals surface area contributed by atoms with Gasteiger partial charge in [0.25, 0.3) is 0 Å². The Morgan fingerprint density at radius 1 is 1.53 bits per heavy atom. The summed E-state index contributed by atoms with van der Waals surface area (Å²) in [5.74, 6) is -1.10. The third-order valence-corrected chi connectivity index (χ3v) is 3.33. The van der Waals surface area contributed by atoms with Gasteiger partial charge in [-0.1, -0.05) is 11.6 Å². The van der Waals surface area contributed by atoms with Gasteiger partial charge in [-0.25, -0.2) is 9.78 Å². The molecular weight excluding hydrogens is 264 g/mol. The normalized spacial score (nSPS) is 10.4. The van der Waals surface area contributed by atoms with Gasteiger partial charge in [0.1, 0.15) is 6.33 Å². The summed E-state index contributed by atoms with van der Waals surface area (Å²) in [6.07, 6.45) is 1.33. The number of H-pyrrole nitrogens is 1. The molecular formula is C9H7ClN4O2S. The van der Waals surface area contributed by atoms with E-state index in [2.05, 4.69) is 15.2 Å². The van der Waals surface area contributed by atoms with Crippen molar-refractivity contribution in [3.8, 4) is 0 Å². The van der Waals surface area contributed by atoms with Crippen LogP contribution in [0.5, 0.6) is 0 Å². The molecule has 4 N–H and O–H groups in total. The monoisotopic (exact) mass is 270 g/mol. The molecule has 0 saturated heterocycles. The van der Waals surface area contributed by atoms with Crippen LogP contribution in [0.4, 0.5) is 5.69 Å². The largest absolute Gasteiger partial charge is 0.478 e. The first-order valence-electron chi connectivity index (χ1n) is 4.43. The second-order valence-corrected chi connectivity index (χ2v) is 4.48. The Labute approximate surface area is 105 Å². The number of nitrogens with two attached hydrogens (primary N) is 1. The van der Waals surface area contributed by atoms with Crippen LogP contribution >= 0.6 is 23.4 Å². The predicted octanol–water partition coefficient (Wildman–Crippen LogP) is 1.89. The number of carboxylic acids is 1. The van der Waals surface area contributed by atoms with Gasteiger partial charge in [-0.2, -0.15) is 5.10 Å². The second-order valence-electron chi connectivity index (χ2n) is 3.08. The van der Waals surface area contributed by atoms with Crippen molar-refractivity contribution in [1.29, 1.82) is 0 Å². The minimum Gasteiger partial charge on any atom is -0.478 e. The summed E-state index contributed by atoms with van der Waals surface area (Å²) in [5.41, 5.74) is 5.89. The first kappa shape index (κ1) is 11.7. The van der Waals surface area contributed by atoms with E-state index in [1.807, 2.05) is 0 Å². The molecule has 0 aliphatic carbocycles. The van der Waals surface area contributed by atoms with E-state index in [-0.39, 0.29) is 10.6 Å². The highest BCUT2D eigenvalue weighted by Gasteiger charge is 2.17. The van der Waals surface area contributed by atoms with Gasteiger partial charge in [-0.15, -0.1) is 0 Å². The summed E-state index contributed by atoms with van der Waals surface area (Å²) in [6.45, 7) is 0. The highest BCUT2D eigenvalue weighted by atomic mass is 35.5. The average Bonchev–Trinajstić information content (AvgIpc) is 2.74. The van der Waals surface area contributed by atoms with Crippen molar-refractivity contribution in [2.45, 2.75) is 10.1 Å². The number of hydrogen-bond donors (Lipinski definition) is 3. The third-order valence-electron chi connectivity index (χ3n) is 1.89. The van der Waals surface area contributed by atoms with Crippen molar-refractivity contribution in [3.63, 3.8) is 0 Å². The molecule has 6 nitrogen and oxygen atoms in total. The van der Waals surface area contributed by atoms with Crippen LogP contribution in [0.1, 0.15) is 10.4 Å². The maximum absolute atomic E-state index is 11.1. The summed E-state index contributed by atoms with van der Waals surface area (Å²) >= 11 is 7.06. The number of halogens is 1. The Kier molecular flexibility index (Phi) is 3.21. The lowest BCUT2D eigenvalue weighted by molar-refractivity contribution is 0.0693. The van der Waals surface area contributed by atoms with Gasteiger partial charge in [-0.3, -0.25) is 5.10 Å². The molecule has 2 rings (SSSR count). The van der Waals surface area contributed by atoms with Crippen LogP contribution in [0.3, 0.4) is 0 Å². The zero-order valence-electron chi connectivity index (χ0n) is 8.35. The topological polar surface area (TPSA) is 105 Å². The highest BCUT2D eigenvalue weighted by Crippen LogP contribution is 2.35. The molecule has 0 unspecified atom stereocenters. The molecule has 1 heterocycles. The Balaban J connectivity index is 2.48. The van der Waals surface area contributed by atoms with Crippen molar-refractivity contribution in [2.75, 3.05) is 5.73 Å². The van der Waals surface area contributed by atoms with Gasteiger partial charge in [0.05, 0.1) is 10.6 Å². The molecule has 1 aromatic carbocycles. The summed E-state index contributed by atoms with van der Waals surface area (Å²) in [7, 11) is 0. The van der Waals surface area contributed by atoms with Gasteiger partial charge in [0, 0.05) is 10.6 Å². The van der Waals surface area contributed by atoms with Crippen molar-refractivity contribution >= 4 is 35.0 Å². The maximum atomic E-state index is 11.1. The van der Waals surface area contributed by atoms with Crippen LogP contribution in [-0.2, 0) is 0 Å². The molecule has 0 fully saturated rings. The lowest BCUT2D eigenvalue weighted by atomic mass is 10.2. The number of aromatic amines is 1. The lowest BCUT2D eigenvalue weighted by Crippen LogP contribution is -2.01. The lowest BCUT2D eigenvalue weighted by Gasteiger charge is -2.07. The van der Waals surface area contributed by atoms with E-state index < -0.39 is 5.97 Å². The summed E-state index contributed by atoms with van der Waals surface area (Å²) < 4.78 is 0. The number of aromatic nitrogens is 3. The minimum atomic E-state index is -1.10. The van der Waals surface area contributed by atoms with Crippen LogP contribution in [0, 0.1) is 0 Å². The van der Waals surface area contributed by atoms with Crippen LogP contribution in [0.25, 0.3) is 0 Å². The van der Waals surface area contributed by atoms with Crippen molar-refractivity contribution in [1.82, 2.24) is 15.2 Å². The molecule has 2 aromatic rings. The number of carbonyl (C=O) groups is 1. The summed E-state index contributed by atoms with van der Waals surface area (Å²) in [4.78, 5) is 15.3. The Morgan fingerprint density at radius 2 is 2.29 bits per heavy atom. The van der Waals surface area contributed by atoms with E-state index in [0.29, 0.717) is 15.7 Å². The molecule has 88 valence electrons. The molecule has 0 atom stereocenters. The number of nitrogens with one attached hydrogen (secondary N) is 1. The summed E-state index contributed by atoms with van der Waals surface area (Å²) in [5, 5.41) is 16.1. The molecule has 0 bridgehead atoms. The third kappa shape index (κ3) is 2.51. The number of rotatable bonds is 3. The second kappa shape index (κ2) is 4.64. The van der Waals surface area contributed by atoms with Crippen LogP contribution < -0.4 is 5.73 Å². The molecule has 0 spiro atoms. The average molecular weight is 271 g/mol. The van der Waals surface area contributed by atoms with E-state index in [9.17, 15) is 4.79 Å². The molecule has 0 amide bonds. The Morgan fingerprint density at radius 3 is 2.88 bits per heavy atom. The fourth-order valence-corrected chi connectivity index (χ4v) is 2.36. The van der Waals surface area contributed by atoms with Crippen LogP contribution in [0.15, 0.2) is 28.5 Å². The van der Waals surface area contributed by atoms with E-state index >= 15 is 0 Å². The SMILES string of the molecule is Nc1cc(Cl)c(Sc2ncn[nH]2)c(C(=O)O)c1. The van der Waals surface area contributed by atoms with Gasteiger partial charge >= 0.3 is 5.97 Å². The highest BCUT2D eigenvalue weighted by molar-refractivity contribution is 7.99. The number of nitrogens with zero attached hydrogens (tertiary/aromatic N) is 2. The van der Waals surface area contributed by atoms with Crippen LogP contribution in [0.2, 0.25) is 5.02 Å². The Bertz CT molecular complexity index is 558. The quantitative estimate of drug-likeness (QED) is 0.736. The fourth-order valence-electron chi connectivity index (χ4n) is 1.22. The van der Waals surface area contributed by atoms with Gasteiger partial charge in [0.15, 0.2) is 5.16 Å². The molecule has 0 radical (unpaired) electrons. The standard InChI is InChI=1S/C9H7ClN4O2S/c10-6-2-4(11)1-5(8(15)16)7(6)17-9-12-3-13-14-9/h1-3H,11H2,(H,15,16)(H,12,13,14). The number of benzene rings is 1. The molecule has 17 heavy (non-hydrogen) atoms. The number of anilines is 1. The van der Waals surface area contributed by atoms with Gasteiger partial charge in [-0.05, 0) is 23.9 Å². The number of carboxylic acid groups (broad SMARTS) is 1. The molecule has 8 heteroatoms. The zero-order valence-corrected chi connectivity index (χ0v) is 9.92. The zero-order chi connectivity index (χ0) is 12.4.